The number of anilines is 1. The van der Waals surface area contributed by atoms with Crippen molar-refractivity contribution < 1.29 is 21.6 Å². The van der Waals surface area contributed by atoms with Crippen LogP contribution in [0.5, 0.6) is 0 Å². The van der Waals surface area contributed by atoms with Crippen LogP contribution in [-0.2, 0) is 10.0 Å². The van der Waals surface area contributed by atoms with Crippen molar-refractivity contribution in [1.82, 2.24) is 0 Å². The molecule has 3 rings (SSSR count). The van der Waals surface area contributed by atoms with Crippen molar-refractivity contribution in [3.8, 4) is 0 Å². The van der Waals surface area contributed by atoms with E-state index in [1.165, 1.54) is 24.3 Å². The van der Waals surface area contributed by atoms with Crippen molar-refractivity contribution in [3.63, 3.8) is 0 Å². The molecule has 1 N–H and O–H groups in total. The summed E-state index contributed by atoms with van der Waals surface area (Å²) in [4.78, 5) is -0.0639. The van der Waals surface area contributed by atoms with E-state index in [-0.39, 0.29) is 10.7 Å². The van der Waals surface area contributed by atoms with Gasteiger partial charge in [0.1, 0.15) is 0 Å². The molecule has 0 aliphatic carbocycles. The molecule has 0 bridgehead atoms. The molecule has 0 fully saturated rings. The topological polar surface area (TPSA) is 58.5 Å². The van der Waals surface area contributed by atoms with Crippen LogP contribution in [0, 0.1) is 17.5 Å². The molecule has 8 heteroatoms. The summed E-state index contributed by atoms with van der Waals surface area (Å²) in [6.07, 6.45) is 0. The zero-order chi connectivity index (χ0) is 19.4. The summed E-state index contributed by atoms with van der Waals surface area (Å²) in [6, 6.07) is 17.2. The molecule has 138 valence electrons. The second-order valence-corrected chi connectivity index (χ2v) is 7.05. The maximum absolute atomic E-state index is 14.0. The molecule has 0 saturated heterocycles. The van der Waals surface area contributed by atoms with Crippen LogP contribution < -0.4 is 5.32 Å². The molecule has 3 aromatic carbocycles. The van der Waals surface area contributed by atoms with Gasteiger partial charge in [0.25, 0.3) is 10.0 Å². The number of benzene rings is 3. The molecule has 27 heavy (non-hydrogen) atoms. The second kappa shape index (κ2) is 7.63. The highest BCUT2D eigenvalue weighted by Gasteiger charge is 2.18. The smallest absolute Gasteiger partial charge is 0.284 e. The molecule has 0 heterocycles. The lowest BCUT2D eigenvalue weighted by atomic mass is 10.2. The fourth-order valence-corrected chi connectivity index (χ4v) is 3.26. The predicted octanol–water partition coefficient (Wildman–Crippen LogP) is 4.35. The van der Waals surface area contributed by atoms with Gasteiger partial charge in [-0.05, 0) is 24.3 Å². The highest BCUT2D eigenvalue weighted by Crippen LogP contribution is 2.21. The lowest BCUT2D eigenvalue weighted by Gasteiger charge is -2.12. The van der Waals surface area contributed by atoms with E-state index in [1.54, 1.807) is 36.4 Å². The van der Waals surface area contributed by atoms with Crippen molar-refractivity contribution in [3.05, 3.63) is 95.8 Å². The Morgan fingerprint density at radius 2 is 1.37 bits per heavy atom. The quantitative estimate of drug-likeness (QED) is 0.409. The lowest BCUT2D eigenvalue weighted by molar-refractivity contribution is 0.449. The third-order valence-electron chi connectivity index (χ3n) is 3.59. The van der Waals surface area contributed by atoms with Gasteiger partial charge in [0.15, 0.2) is 23.3 Å². The predicted molar refractivity (Wildman–Crippen MR) is 96.5 cm³/mol. The van der Waals surface area contributed by atoms with Crippen LogP contribution in [0.1, 0.15) is 5.56 Å². The number of halogens is 3. The normalized spacial score (nSPS) is 12.0. The third kappa shape index (κ3) is 4.17. The Kier molecular flexibility index (Phi) is 5.27. The first-order valence-corrected chi connectivity index (χ1v) is 9.18. The molecule has 3 aromatic rings. The Morgan fingerprint density at radius 3 is 2.00 bits per heavy atom. The minimum absolute atomic E-state index is 0.0639. The van der Waals surface area contributed by atoms with Crippen molar-refractivity contribution in [2.75, 3.05) is 5.32 Å². The molecular weight excluding hydrogens is 377 g/mol. The fourth-order valence-electron chi connectivity index (χ4n) is 2.26. The third-order valence-corrected chi connectivity index (χ3v) is 4.88. The standard InChI is InChI=1S/C19H13F3N2O2S/c20-15-11-12-16(18(22)17(15)21)23-19(13-7-3-1-4-8-13)24-27(25,26)14-9-5-2-6-10-14/h1-12H,(H,23,24). The number of nitrogens with zero attached hydrogens (tertiary/aromatic N) is 1. The van der Waals surface area contributed by atoms with Gasteiger partial charge in [0.05, 0.1) is 10.6 Å². The molecule has 0 aliphatic heterocycles. The molecule has 0 spiro atoms. The van der Waals surface area contributed by atoms with Crippen LogP contribution in [0.4, 0.5) is 18.9 Å². The maximum atomic E-state index is 14.0. The zero-order valence-electron chi connectivity index (χ0n) is 13.7. The Labute approximate surface area is 154 Å². The van der Waals surface area contributed by atoms with Crippen molar-refractivity contribution in [1.29, 1.82) is 0 Å². The molecule has 0 radical (unpaired) electrons. The lowest BCUT2D eigenvalue weighted by Crippen LogP contribution is -2.17. The van der Waals surface area contributed by atoms with Gasteiger partial charge in [-0.25, -0.2) is 13.2 Å². The van der Waals surface area contributed by atoms with E-state index < -0.39 is 33.2 Å². The highest BCUT2D eigenvalue weighted by molar-refractivity contribution is 7.90. The molecule has 0 unspecified atom stereocenters. The largest absolute Gasteiger partial charge is 0.337 e. The van der Waals surface area contributed by atoms with E-state index in [0.717, 1.165) is 12.1 Å². The van der Waals surface area contributed by atoms with Gasteiger partial charge < -0.3 is 5.32 Å². The van der Waals surface area contributed by atoms with Gasteiger partial charge in [-0.15, -0.1) is 4.40 Å². The van der Waals surface area contributed by atoms with E-state index in [0.29, 0.717) is 5.56 Å². The van der Waals surface area contributed by atoms with Crippen molar-refractivity contribution in [2.45, 2.75) is 4.90 Å². The monoisotopic (exact) mass is 390 g/mol. The van der Waals surface area contributed by atoms with E-state index in [1.807, 2.05) is 0 Å². The summed E-state index contributed by atoms with van der Waals surface area (Å²) in [7, 11) is -4.12. The van der Waals surface area contributed by atoms with Crippen LogP contribution in [0.15, 0.2) is 82.1 Å². The van der Waals surface area contributed by atoms with Gasteiger partial charge in [-0.1, -0.05) is 48.5 Å². The molecule has 0 amide bonds. The maximum Gasteiger partial charge on any atom is 0.284 e. The SMILES string of the molecule is O=S(=O)(/N=C(\Nc1ccc(F)c(F)c1F)c1ccccc1)c1ccccc1. The molecule has 0 atom stereocenters. The van der Waals surface area contributed by atoms with Gasteiger partial charge in [0, 0.05) is 5.56 Å². The minimum Gasteiger partial charge on any atom is -0.337 e. The van der Waals surface area contributed by atoms with E-state index >= 15 is 0 Å². The number of hydrogen-bond donors (Lipinski definition) is 1. The summed E-state index contributed by atoms with van der Waals surface area (Å²) in [5.74, 6) is -4.73. The number of hydrogen-bond acceptors (Lipinski definition) is 2. The summed E-state index contributed by atoms with van der Waals surface area (Å²) >= 11 is 0. The first-order valence-electron chi connectivity index (χ1n) is 7.74. The molecule has 0 saturated carbocycles. The van der Waals surface area contributed by atoms with E-state index in [4.69, 9.17) is 0 Å². The van der Waals surface area contributed by atoms with Crippen LogP contribution in [0.2, 0.25) is 0 Å². The van der Waals surface area contributed by atoms with Crippen molar-refractivity contribution in [2.24, 2.45) is 4.40 Å². The number of sulfonamides is 1. The van der Waals surface area contributed by atoms with Crippen LogP contribution in [0.25, 0.3) is 0 Å². The fraction of sp³-hybridized carbons (Fsp3) is 0. The number of amidine groups is 1. The average molecular weight is 390 g/mol. The highest BCUT2D eigenvalue weighted by atomic mass is 32.2. The van der Waals surface area contributed by atoms with Gasteiger partial charge >= 0.3 is 0 Å². The number of rotatable bonds is 4. The Balaban J connectivity index is 2.10. The Hall–Kier alpha value is -3.13. The van der Waals surface area contributed by atoms with Gasteiger partial charge in [-0.3, -0.25) is 0 Å². The summed E-state index contributed by atoms with van der Waals surface area (Å²) in [6.45, 7) is 0. The van der Waals surface area contributed by atoms with Gasteiger partial charge in [-0.2, -0.15) is 8.42 Å². The van der Waals surface area contributed by atoms with Crippen LogP contribution >= 0.6 is 0 Å². The first kappa shape index (κ1) is 18.7. The number of nitrogens with one attached hydrogen (secondary N) is 1. The van der Waals surface area contributed by atoms with Crippen molar-refractivity contribution >= 4 is 21.5 Å². The molecule has 0 aromatic heterocycles. The zero-order valence-corrected chi connectivity index (χ0v) is 14.6. The molecule has 0 aliphatic rings. The summed E-state index contributed by atoms with van der Waals surface area (Å²) in [5.41, 5.74) is -0.124. The van der Waals surface area contributed by atoms with E-state index in [9.17, 15) is 21.6 Å². The minimum atomic E-state index is -4.12. The first-order chi connectivity index (χ1) is 12.9. The molecule has 4 nitrogen and oxygen atoms in total. The Bertz CT molecular complexity index is 1090. The summed E-state index contributed by atoms with van der Waals surface area (Å²) in [5, 5.41) is 2.45. The average Bonchev–Trinajstić information content (AvgIpc) is 2.69. The summed E-state index contributed by atoms with van der Waals surface area (Å²) < 4.78 is 69.5. The Morgan fingerprint density at radius 1 is 0.778 bits per heavy atom. The van der Waals surface area contributed by atoms with Gasteiger partial charge in [0.2, 0.25) is 0 Å². The molecular formula is C19H13F3N2O2S. The van der Waals surface area contributed by atoms with E-state index in [2.05, 4.69) is 9.71 Å². The van der Waals surface area contributed by atoms with Crippen LogP contribution in [0.3, 0.4) is 0 Å². The second-order valence-electron chi connectivity index (χ2n) is 5.44. The van der Waals surface area contributed by atoms with Crippen LogP contribution in [-0.4, -0.2) is 14.3 Å².